The quantitative estimate of drug-likeness (QED) is 0.801. The predicted octanol–water partition coefficient (Wildman–Crippen LogP) is 3.65. The summed E-state index contributed by atoms with van der Waals surface area (Å²) < 4.78 is 7.14. The van der Waals surface area contributed by atoms with E-state index in [-0.39, 0.29) is 6.04 Å². The van der Waals surface area contributed by atoms with E-state index in [1.807, 2.05) is 28.9 Å². The third-order valence-electron chi connectivity index (χ3n) is 4.19. The van der Waals surface area contributed by atoms with Gasteiger partial charge in [0.2, 0.25) is 5.95 Å². The van der Waals surface area contributed by atoms with E-state index in [0.717, 1.165) is 23.0 Å². The predicted molar refractivity (Wildman–Crippen MR) is 93.9 cm³/mol. The van der Waals surface area contributed by atoms with Crippen LogP contribution in [-0.2, 0) is 0 Å². The Kier molecular flexibility index (Phi) is 3.54. The zero-order chi connectivity index (χ0) is 16.5. The number of anilines is 1. The fourth-order valence-electron chi connectivity index (χ4n) is 2.96. The van der Waals surface area contributed by atoms with Gasteiger partial charge in [-0.1, -0.05) is 29.8 Å². The zero-order valence-electron chi connectivity index (χ0n) is 13.6. The van der Waals surface area contributed by atoms with Crippen LogP contribution in [0, 0.1) is 6.92 Å². The number of methoxy groups -OCH3 is 1. The molecule has 2 heterocycles. The molecule has 24 heavy (non-hydrogen) atoms. The number of rotatable bonds is 3. The lowest BCUT2D eigenvalue weighted by molar-refractivity contribution is 0.415. The molecule has 0 amide bonds. The van der Waals surface area contributed by atoms with E-state index in [0.29, 0.717) is 0 Å². The number of nitrogens with zero attached hydrogens (tertiary/aromatic N) is 3. The molecule has 5 heteroatoms. The van der Waals surface area contributed by atoms with Gasteiger partial charge in [0.1, 0.15) is 18.1 Å². The van der Waals surface area contributed by atoms with Crippen molar-refractivity contribution in [1.82, 2.24) is 14.8 Å². The van der Waals surface area contributed by atoms with Crippen LogP contribution in [0.4, 0.5) is 5.95 Å². The largest absolute Gasteiger partial charge is 0.497 e. The van der Waals surface area contributed by atoms with Crippen molar-refractivity contribution in [3.05, 3.63) is 77.6 Å². The summed E-state index contributed by atoms with van der Waals surface area (Å²) in [6.45, 7) is 2.10. The number of ether oxygens (including phenoxy) is 1. The first-order valence-corrected chi connectivity index (χ1v) is 7.84. The molecule has 0 fully saturated rings. The van der Waals surface area contributed by atoms with Crippen LogP contribution >= 0.6 is 0 Å². The monoisotopic (exact) mass is 318 g/mol. The van der Waals surface area contributed by atoms with Crippen LogP contribution in [0.25, 0.3) is 5.70 Å². The molecular formula is C19H18N4O. The minimum atomic E-state index is 0.0146. The highest BCUT2D eigenvalue weighted by molar-refractivity contribution is 5.77. The molecule has 2 aromatic carbocycles. The maximum absolute atomic E-state index is 5.24. The molecule has 1 aliphatic heterocycles. The number of aryl methyl sites for hydroxylation is 1. The lowest BCUT2D eigenvalue weighted by atomic mass is 10.0. The van der Waals surface area contributed by atoms with Gasteiger partial charge in [0, 0.05) is 5.70 Å². The van der Waals surface area contributed by atoms with Crippen LogP contribution in [0.3, 0.4) is 0 Å². The van der Waals surface area contributed by atoms with Crippen molar-refractivity contribution in [2.75, 3.05) is 12.4 Å². The topological polar surface area (TPSA) is 52.0 Å². The molecule has 0 radical (unpaired) electrons. The Morgan fingerprint density at radius 3 is 2.71 bits per heavy atom. The minimum Gasteiger partial charge on any atom is -0.497 e. The van der Waals surface area contributed by atoms with Gasteiger partial charge in [-0.3, -0.25) is 0 Å². The molecular weight excluding hydrogens is 300 g/mol. The van der Waals surface area contributed by atoms with Gasteiger partial charge in [-0.05, 0) is 48.4 Å². The number of allylic oxidation sites excluding steroid dienone is 1. The van der Waals surface area contributed by atoms with E-state index >= 15 is 0 Å². The molecule has 1 aliphatic rings. The second-order valence-corrected chi connectivity index (χ2v) is 5.82. The molecule has 0 saturated heterocycles. The van der Waals surface area contributed by atoms with Crippen LogP contribution < -0.4 is 10.1 Å². The Balaban J connectivity index is 1.78. The first kappa shape index (κ1) is 14.5. The number of nitrogens with one attached hydrogen (secondary N) is 1. The molecule has 0 bridgehead atoms. The standard InChI is InChI=1S/C19H18N4O/c1-13-4-3-5-15(10-13)18-11-17(22-19-20-12-21-23(18)19)14-6-8-16(24-2)9-7-14/h3-12,18H,1-2H3,(H,20,21,22)/t18-/m0/s1. The maximum Gasteiger partial charge on any atom is 0.226 e. The van der Waals surface area contributed by atoms with E-state index in [1.165, 1.54) is 11.1 Å². The number of fused-ring (bicyclic) bond motifs is 1. The summed E-state index contributed by atoms with van der Waals surface area (Å²) in [5.41, 5.74) is 4.52. The summed E-state index contributed by atoms with van der Waals surface area (Å²) >= 11 is 0. The van der Waals surface area contributed by atoms with Gasteiger partial charge in [-0.2, -0.15) is 10.1 Å². The number of benzene rings is 2. The molecule has 0 spiro atoms. The average Bonchev–Trinajstić information content (AvgIpc) is 3.09. The van der Waals surface area contributed by atoms with Gasteiger partial charge in [0.05, 0.1) is 7.11 Å². The van der Waals surface area contributed by atoms with Crippen LogP contribution in [0.1, 0.15) is 22.7 Å². The minimum absolute atomic E-state index is 0.0146. The fourth-order valence-corrected chi connectivity index (χ4v) is 2.96. The number of hydrogen-bond donors (Lipinski definition) is 1. The number of aromatic nitrogens is 3. The van der Waals surface area contributed by atoms with Gasteiger partial charge in [0.25, 0.3) is 0 Å². The highest BCUT2D eigenvalue weighted by Crippen LogP contribution is 2.32. The third kappa shape index (κ3) is 2.54. The van der Waals surface area contributed by atoms with Crippen molar-refractivity contribution in [3.63, 3.8) is 0 Å². The zero-order valence-corrected chi connectivity index (χ0v) is 13.6. The van der Waals surface area contributed by atoms with Crippen LogP contribution in [-0.4, -0.2) is 21.9 Å². The molecule has 3 aromatic rings. The summed E-state index contributed by atoms with van der Waals surface area (Å²) in [4.78, 5) is 4.34. The van der Waals surface area contributed by atoms with E-state index in [4.69, 9.17) is 4.74 Å². The van der Waals surface area contributed by atoms with Crippen LogP contribution in [0.5, 0.6) is 5.75 Å². The maximum atomic E-state index is 5.24. The van der Waals surface area contributed by atoms with E-state index in [9.17, 15) is 0 Å². The normalized spacial score (nSPS) is 16.1. The number of hydrogen-bond acceptors (Lipinski definition) is 4. The van der Waals surface area contributed by atoms with Gasteiger partial charge in [-0.15, -0.1) is 0 Å². The molecule has 1 aromatic heterocycles. The highest BCUT2D eigenvalue weighted by atomic mass is 16.5. The van der Waals surface area contributed by atoms with Crippen molar-refractivity contribution in [2.45, 2.75) is 13.0 Å². The van der Waals surface area contributed by atoms with E-state index in [1.54, 1.807) is 13.4 Å². The lowest BCUT2D eigenvalue weighted by Gasteiger charge is -2.24. The Bertz CT molecular complexity index is 896. The molecule has 4 rings (SSSR count). The fraction of sp³-hybridized carbons (Fsp3) is 0.158. The lowest BCUT2D eigenvalue weighted by Crippen LogP contribution is -2.20. The van der Waals surface area contributed by atoms with Crippen molar-refractivity contribution in [2.24, 2.45) is 0 Å². The van der Waals surface area contributed by atoms with Crippen molar-refractivity contribution >= 4 is 11.6 Å². The first-order chi connectivity index (χ1) is 11.7. The Hall–Kier alpha value is -3.08. The summed E-state index contributed by atoms with van der Waals surface area (Å²) in [6.07, 6.45) is 3.76. The Labute approximate surface area is 140 Å². The second-order valence-electron chi connectivity index (χ2n) is 5.82. The van der Waals surface area contributed by atoms with Gasteiger partial charge in [0.15, 0.2) is 0 Å². The average molecular weight is 318 g/mol. The van der Waals surface area contributed by atoms with E-state index < -0.39 is 0 Å². The smallest absolute Gasteiger partial charge is 0.226 e. The first-order valence-electron chi connectivity index (χ1n) is 7.84. The van der Waals surface area contributed by atoms with Crippen molar-refractivity contribution in [1.29, 1.82) is 0 Å². The van der Waals surface area contributed by atoms with Crippen LogP contribution in [0.2, 0.25) is 0 Å². The third-order valence-corrected chi connectivity index (χ3v) is 4.19. The Morgan fingerprint density at radius 1 is 1.12 bits per heavy atom. The summed E-state index contributed by atoms with van der Waals surface area (Å²) in [5.74, 6) is 1.59. The Morgan fingerprint density at radius 2 is 1.96 bits per heavy atom. The molecule has 0 aliphatic carbocycles. The highest BCUT2D eigenvalue weighted by Gasteiger charge is 2.23. The van der Waals surface area contributed by atoms with Crippen LogP contribution in [0.15, 0.2) is 60.9 Å². The SMILES string of the molecule is COc1ccc(C2=C[C@@H](c3cccc(C)c3)n3ncnc3N2)cc1. The van der Waals surface area contributed by atoms with Crippen molar-refractivity contribution in [3.8, 4) is 5.75 Å². The summed E-state index contributed by atoms with van der Waals surface area (Å²) in [5, 5.41) is 7.73. The molecule has 1 atom stereocenters. The summed E-state index contributed by atoms with van der Waals surface area (Å²) in [7, 11) is 1.67. The van der Waals surface area contributed by atoms with Gasteiger partial charge < -0.3 is 10.1 Å². The van der Waals surface area contributed by atoms with E-state index in [2.05, 4.69) is 52.7 Å². The molecule has 5 nitrogen and oxygen atoms in total. The van der Waals surface area contributed by atoms with Crippen molar-refractivity contribution < 1.29 is 4.74 Å². The molecule has 0 saturated carbocycles. The molecule has 120 valence electrons. The van der Waals surface area contributed by atoms with Gasteiger partial charge in [-0.25, -0.2) is 4.68 Å². The second kappa shape index (κ2) is 5.85. The molecule has 1 N–H and O–H groups in total. The summed E-state index contributed by atoms with van der Waals surface area (Å²) in [6, 6.07) is 16.5. The molecule has 0 unspecified atom stereocenters. The van der Waals surface area contributed by atoms with Gasteiger partial charge >= 0.3 is 0 Å².